The van der Waals surface area contributed by atoms with Gasteiger partial charge >= 0.3 is 0 Å². The molecule has 0 bridgehead atoms. The van der Waals surface area contributed by atoms with E-state index in [2.05, 4.69) is 0 Å². The van der Waals surface area contributed by atoms with Gasteiger partial charge in [0.2, 0.25) is 5.78 Å². The van der Waals surface area contributed by atoms with Crippen LogP contribution in [0.15, 0.2) is 34.1 Å². The van der Waals surface area contributed by atoms with Crippen molar-refractivity contribution in [2.24, 2.45) is 0 Å². The lowest BCUT2D eigenvalue weighted by Crippen LogP contribution is -2.25. The van der Waals surface area contributed by atoms with Gasteiger partial charge in [0.05, 0.1) is 19.3 Å². The first-order chi connectivity index (χ1) is 8.97. The van der Waals surface area contributed by atoms with Gasteiger partial charge in [-0.15, -0.1) is 0 Å². The first-order valence-corrected chi connectivity index (χ1v) is 6.30. The molecule has 4 nitrogen and oxygen atoms in total. The van der Waals surface area contributed by atoms with Crippen molar-refractivity contribution in [3.63, 3.8) is 0 Å². The van der Waals surface area contributed by atoms with Crippen molar-refractivity contribution in [3.8, 4) is 0 Å². The highest BCUT2D eigenvalue weighted by atomic mass is 16.5. The van der Waals surface area contributed by atoms with Crippen molar-refractivity contribution < 1.29 is 19.4 Å². The zero-order valence-electron chi connectivity index (χ0n) is 11.9. The van der Waals surface area contributed by atoms with E-state index in [1.54, 1.807) is 6.92 Å². The first kappa shape index (κ1) is 15.4. The molecule has 1 N–H and O–H groups in total. The van der Waals surface area contributed by atoms with Crippen molar-refractivity contribution in [1.29, 1.82) is 0 Å². The maximum Gasteiger partial charge on any atom is 0.224 e. The van der Waals surface area contributed by atoms with Crippen LogP contribution in [0, 0.1) is 0 Å². The zero-order valence-corrected chi connectivity index (χ0v) is 11.9. The van der Waals surface area contributed by atoms with Crippen LogP contribution >= 0.6 is 0 Å². The third kappa shape index (κ3) is 3.01. The fourth-order valence-electron chi connectivity index (χ4n) is 1.93. The Hall–Kier alpha value is -1.68. The predicted molar refractivity (Wildman–Crippen MR) is 72.5 cm³/mol. The Bertz CT molecular complexity index is 492. The maximum absolute atomic E-state index is 12.2. The molecule has 0 amide bonds. The number of Topliss-reactive ketones (excluding diaryl/α,β-unsaturated/α-hetero) is 2. The fourth-order valence-corrected chi connectivity index (χ4v) is 1.93. The summed E-state index contributed by atoms with van der Waals surface area (Å²) in [5.74, 6) is -0.648. The van der Waals surface area contributed by atoms with Crippen LogP contribution in [0.1, 0.15) is 33.6 Å². The first-order valence-electron chi connectivity index (χ1n) is 6.30. The molecule has 4 heteroatoms. The molecule has 104 valence electrons. The number of aliphatic hydroxyl groups is 1. The summed E-state index contributed by atoms with van der Waals surface area (Å²) in [4.78, 5) is 24.3. The molecule has 0 radical (unpaired) electrons. The van der Waals surface area contributed by atoms with Crippen LogP contribution in [0.5, 0.6) is 0 Å². The Kier molecular flexibility index (Phi) is 5.24. The smallest absolute Gasteiger partial charge is 0.224 e. The van der Waals surface area contributed by atoms with Gasteiger partial charge < -0.3 is 9.84 Å². The monoisotopic (exact) mass is 264 g/mol. The van der Waals surface area contributed by atoms with Crippen LogP contribution in [0.2, 0.25) is 0 Å². The van der Waals surface area contributed by atoms with E-state index in [1.165, 1.54) is 7.11 Å². The third-order valence-corrected chi connectivity index (χ3v) is 3.40. The van der Waals surface area contributed by atoms with E-state index >= 15 is 0 Å². The van der Waals surface area contributed by atoms with Crippen LogP contribution in [0.25, 0.3) is 0 Å². The summed E-state index contributed by atoms with van der Waals surface area (Å²) >= 11 is 0. The number of ether oxygens (including phenoxy) is 1. The Morgan fingerprint density at radius 2 is 1.89 bits per heavy atom. The van der Waals surface area contributed by atoms with Gasteiger partial charge in [-0.2, -0.15) is 0 Å². The average Bonchev–Trinajstić information content (AvgIpc) is 2.41. The van der Waals surface area contributed by atoms with Crippen LogP contribution in [-0.2, 0) is 14.3 Å². The molecule has 0 spiro atoms. The SMILES string of the molecule is CC/C(C)=C/CC1=C(C)C(=O)C(OC)=C(CO)C1=O. The number of carbonyl (C=O) groups excluding carboxylic acids is 2. The minimum absolute atomic E-state index is 0.0371. The van der Waals surface area contributed by atoms with Gasteiger partial charge in [-0.3, -0.25) is 9.59 Å². The molecule has 0 unspecified atom stereocenters. The molecule has 0 atom stereocenters. The third-order valence-electron chi connectivity index (χ3n) is 3.40. The molecule has 0 heterocycles. The van der Waals surface area contributed by atoms with Crippen molar-refractivity contribution in [2.75, 3.05) is 13.7 Å². The number of allylic oxidation sites excluding steroid dienone is 4. The van der Waals surface area contributed by atoms with Gasteiger partial charge in [0, 0.05) is 11.1 Å². The second kappa shape index (κ2) is 6.48. The molecule has 0 aromatic carbocycles. The highest BCUT2D eigenvalue weighted by molar-refractivity contribution is 6.24. The molecule has 19 heavy (non-hydrogen) atoms. The number of ketones is 2. The van der Waals surface area contributed by atoms with Crippen molar-refractivity contribution in [3.05, 3.63) is 34.1 Å². The second-order valence-corrected chi connectivity index (χ2v) is 4.54. The summed E-state index contributed by atoms with van der Waals surface area (Å²) in [5.41, 5.74) is 2.06. The summed E-state index contributed by atoms with van der Waals surface area (Å²) in [6.07, 6.45) is 3.26. The molecule has 1 aliphatic carbocycles. The number of aliphatic hydroxyl groups excluding tert-OH is 1. The van der Waals surface area contributed by atoms with E-state index in [9.17, 15) is 14.7 Å². The van der Waals surface area contributed by atoms with E-state index in [0.717, 1.165) is 12.0 Å². The van der Waals surface area contributed by atoms with E-state index in [1.807, 2.05) is 19.9 Å². The van der Waals surface area contributed by atoms with Crippen LogP contribution in [0.4, 0.5) is 0 Å². The summed E-state index contributed by atoms with van der Waals surface area (Å²) in [6, 6.07) is 0. The second-order valence-electron chi connectivity index (χ2n) is 4.54. The van der Waals surface area contributed by atoms with Crippen LogP contribution in [-0.4, -0.2) is 30.4 Å². The predicted octanol–water partition coefficient (Wildman–Crippen LogP) is 2.09. The molecule has 0 aromatic heterocycles. The summed E-state index contributed by atoms with van der Waals surface area (Å²) in [7, 11) is 1.33. The summed E-state index contributed by atoms with van der Waals surface area (Å²) in [5, 5.41) is 9.26. The van der Waals surface area contributed by atoms with Crippen molar-refractivity contribution in [1.82, 2.24) is 0 Å². The number of hydrogen-bond acceptors (Lipinski definition) is 4. The maximum atomic E-state index is 12.2. The molecule has 0 saturated heterocycles. The van der Waals surface area contributed by atoms with E-state index < -0.39 is 6.61 Å². The topological polar surface area (TPSA) is 63.6 Å². The molecule has 0 fully saturated rings. The molecule has 0 aliphatic heterocycles. The highest BCUT2D eigenvalue weighted by Crippen LogP contribution is 2.27. The largest absolute Gasteiger partial charge is 0.492 e. The van der Waals surface area contributed by atoms with Crippen molar-refractivity contribution >= 4 is 11.6 Å². The van der Waals surface area contributed by atoms with Crippen LogP contribution < -0.4 is 0 Å². The molecule has 0 saturated carbocycles. The zero-order chi connectivity index (χ0) is 14.6. The lowest BCUT2D eigenvalue weighted by molar-refractivity contribution is -0.119. The molecule has 1 aliphatic rings. The standard InChI is InChI=1S/C15H20O4/c1-5-9(2)6-7-11-10(3)13(17)15(19-4)12(8-16)14(11)18/h6,16H,5,7-8H2,1-4H3/b9-6+. The van der Waals surface area contributed by atoms with Gasteiger partial charge in [0.1, 0.15) is 0 Å². The quantitative estimate of drug-likeness (QED) is 0.610. The van der Waals surface area contributed by atoms with Crippen molar-refractivity contribution in [2.45, 2.75) is 33.6 Å². The molecule has 0 aromatic rings. The fraction of sp³-hybridized carbons (Fsp3) is 0.467. The van der Waals surface area contributed by atoms with Gasteiger partial charge in [0.25, 0.3) is 0 Å². The average molecular weight is 264 g/mol. The minimum Gasteiger partial charge on any atom is -0.492 e. The van der Waals surface area contributed by atoms with Gasteiger partial charge in [-0.05, 0) is 26.7 Å². The lowest BCUT2D eigenvalue weighted by atomic mass is 9.87. The molecular weight excluding hydrogens is 244 g/mol. The summed E-state index contributed by atoms with van der Waals surface area (Å²) in [6.45, 7) is 5.15. The Labute approximate surface area is 113 Å². The summed E-state index contributed by atoms with van der Waals surface area (Å²) < 4.78 is 4.94. The molecule has 1 rings (SSSR count). The van der Waals surface area contributed by atoms with Gasteiger partial charge in [-0.1, -0.05) is 18.6 Å². The number of hydrogen-bond donors (Lipinski definition) is 1. The highest BCUT2D eigenvalue weighted by Gasteiger charge is 2.32. The number of rotatable bonds is 5. The Balaban J connectivity index is 3.17. The van der Waals surface area contributed by atoms with Gasteiger partial charge in [-0.25, -0.2) is 0 Å². The number of carbonyl (C=O) groups is 2. The number of methoxy groups -OCH3 is 1. The lowest BCUT2D eigenvalue weighted by Gasteiger charge is -2.19. The van der Waals surface area contributed by atoms with E-state index in [0.29, 0.717) is 17.6 Å². The minimum atomic E-state index is -0.485. The normalized spacial score (nSPS) is 17.4. The Morgan fingerprint density at radius 1 is 1.26 bits per heavy atom. The van der Waals surface area contributed by atoms with Crippen LogP contribution in [0.3, 0.4) is 0 Å². The Morgan fingerprint density at radius 3 is 2.37 bits per heavy atom. The van der Waals surface area contributed by atoms with E-state index in [4.69, 9.17) is 4.74 Å². The van der Waals surface area contributed by atoms with Gasteiger partial charge in [0.15, 0.2) is 11.5 Å². The van der Waals surface area contributed by atoms with E-state index in [-0.39, 0.29) is 22.9 Å². The molecular formula is C15H20O4.